The monoisotopic (exact) mass is 471 g/mol. The lowest BCUT2D eigenvalue weighted by molar-refractivity contribution is -0.119. The number of aryl methyl sites for hydroxylation is 1. The first-order valence-corrected chi connectivity index (χ1v) is 9.49. The van der Waals surface area contributed by atoms with Crippen molar-refractivity contribution >= 4 is 40.2 Å². The van der Waals surface area contributed by atoms with Crippen molar-refractivity contribution in [3.63, 3.8) is 0 Å². The molecule has 0 unspecified atom stereocenters. The van der Waals surface area contributed by atoms with Gasteiger partial charge in [-0.15, -0.1) is 0 Å². The summed E-state index contributed by atoms with van der Waals surface area (Å²) in [4.78, 5) is 24.5. The van der Waals surface area contributed by atoms with Crippen molar-refractivity contribution in [1.82, 2.24) is 0 Å². The molecule has 27 heavy (non-hydrogen) atoms. The quantitative estimate of drug-likeness (QED) is 0.418. The third kappa shape index (κ3) is 5.17. The average molecular weight is 471 g/mol. The van der Waals surface area contributed by atoms with Crippen LogP contribution in [0.3, 0.4) is 0 Å². The number of amides is 1. The molecule has 0 bridgehead atoms. The summed E-state index contributed by atoms with van der Waals surface area (Å²) in [6, 6.07) is 22.5. The van der Waals surface area contributed by atoms with Crippen LogP contribution in [-0.4, -0.2) is 18.5 Å². The summed E-state index contributed by atoms with van der Waals surface area (Å²) in [5.41, 5.74) is 3.95. The molecule has 5 heteroatoms. The highest BCUT2D eigenvalue weighted by Crippen LogP contribution is 2.24. The minimum Gasteiger partial charge on any atom is -0.452 e. The summed E-state index contributed by atoms with van der Waals surface area (Å²) < 4.78 is 6.29. The molecule has 0 aliphatic heterocycles. The number of nitrogens with one attached hydrogen (secondary N) is 1. The summed E-state index contributed by atoms with van der Waals surface area (Å²) in [5.74, 6) is -0.902. The molecule has 3 aromatic rings. The second-order valence-electron chi connectivity index (χ2n) is 6.04. The summed E-state index contributed by atoms with van der Waals surface area (Å²) in [7, 11) is 0. The van der Waals surface area contributed by atoms with E-state index in [9.17, 15) is 9.59 Å². The minimum atomic E-state index is -0.524. The molecule has 3 aromatic carbocycles. The van der Waals surface area contributed by atoms with E-state index < -0.39 is 5.97 Å². The molecule has 3 rings (SSSR count). The Morgan fingerprint density at radius 3 is 2.30 bits per heavy atom. The van der Waals surface area contributed by atoms with Crippen LogP contribution in [0.5, 0.6) is 0 Å². The molecule has 0 saturated carbocycles. The number of hydrogen-bond acceptors (Lipinski definition) is 3. The summed E-state index contributed by atoms with van der Waals surface area (Å²) in [6.07, 6.45) is 0. The zero-order valence-corrected chi connectivity index (χ0v) is 16.9. The summed E-state index contributed by atoms with van der Waals surface area (Å²) >= 11 is 2.19. The van der Waals surface area contributed by atoms with Crippen molar-refractivity contribution in [2.24, 2.45) is 0 Å². The van der Waals surface area contributed by atoms with Gasteiger partial charge in [-0.2, -0.15) is 0 Å². The molecule has 0 saturated heterocycles. The highest BCUT2D eigenvalue weighted by atomic mass is 127. The van der Waals surface area contributed by atoms with Gasteiger partial charge in [-0.1, -0.05) is 48.0 Å². The van der Waals surface area contributed by atoms with Gasteiger partial charge >= 0.3 is 5.97 Å². The Morgan fingerprint density at radius 1 is 0.926 bits per heavy atom. The topological polar surface area (TPSA) is 55.4 Å². The number of ether oxygens (including phenoxy) is 1. The first-order valence-electron chi connectivity index (χ1n) is 8.41. The van der Waals surface area contributed by atoms with Crippen LogP contribution in [0.2, 0.25) is 0 Å². The molecule has 1 N–H and O–H groups in total. The molecular formula is C22H18INO3. The molecule has 136 valence electrons. The number of carbonyl (C=O) groups excluding carboxylic acids is 2. The van der Waals surface area contributed by atoms with Gasteiger partial charge in [0.25, 0.3) is 5.91 Å². The molecule has 0 heterocycles. The van der Waals surface area contributed by atoms with Crippen LogP contribution in [0.4, 0.5) is 5.69 Å². The lowest BCUT2D eigenvalue weighted by Gasteiger charge is -2.10. The van der Waals surface area contributed by atoms with Gasteiger partial charge in [-0.25, -0.2) is 4.79 Å². The van der Waals surface area contributed by atoms with Gasteiger partial charge in [0.1, 0.15) is 0 Å². The van der Waals surface area contributed by atoms with E-state index in [1.54, 1.807) is 24.3 Å². The Morgan fingerprint density at radius 2 is 1.59 bits per heavy atom. The van der Waals surface area contributed by atoms with Gasteiger partial charge in [-0.05, 0) is 71.0 Å². The smallest absolute Gasteiger partial charge is 0.339 e. The normalized spacial score (nSPS) is 10.3. The molecule has 0 radical (unpaired) electrons. The fraction of sp³-hybridized carbons (Fsp3) is 0.0909. The number of hydrogen-bond donors (Lipinski definition) is 1. The molecule has 0 spiro atoms. The lowest BCUT2D eigenvalue weighted by Crippen LogP contribution is -2.21. The van der Waals surface area contributed by atoms with Crippen molar-refractivity contribution in [3.05, 3.63) is 87.5 Å². The van der Waals surface area contributed by atoms with Crippen LogP contribution in [0.25, 0.3) is 11.1 Å². The summed E-state index contributed by atoms with van der Waals surface area (Å²) in [6.45, 7) is 1.67. The highest BCUT2D eigenvalue weighted by Gasteiger charge is 2.15. The largest absolute Gasteiger partial charge is 0.452 e. The second-order valence-corrected chi connectivity index (χ2v) is 7.29. The van der Waals surface area contributed by atoms with E-state index >= 15 is 0 Å². The predicted octanol–water partition coefficient (Wildman–Crippen LogP) is 5.06. The maximum Gasteiger partial charge on any atom is 0.339 e. The van der Waals surface area contributed by atoms with E-state index in [0.29, 0.717) is 11.3 Å². The molecular weight excluding hydrogens is 453 g/mol. The van der Waals surface area contributed by atoms with Gasteiger partial charge < -0.3 is 10.1 Å². The highest BCUT2D eigenvalue weighted by molar-refractivity contribution is 14.1. The average Bonchev–Trinajstić information content (AvgIpc) is 2.68. The van der Waals surface area contributed by atoms with E-state index in [4.69, 9.17) is 4.74 Å². The van der Waals surface area contributed by atoms with Gasteiger partial charge in [0.05, 0.1) is 5.56 Å². The number of benzene rings is 3. The van der Waals surface area contributed by atoms with Gasteiger partial charge in [0.15, 0.2) is 6.61 Å². The number of anilines is 1. The fourth-order valence-corrected chi connectivity index (χ4v) is 2.94. The molecule has 0 aliphatic carbocycles. The van der Waals surface area contributed by atoms with Crippen molar-refractivity contribution < 1.29 is 14.3 Å². The van der Waals surface area contributed by atoms with Crippen LogP contribution < -0.4 is 5.32 Å². The van der Waals surface area contributed by atoms with E-state index in [1.807, 2.05) is 55.5 Å². The number of halogens is 1. The zero-order valence-electron chi connectivity index (χ0n) is 14.7. The van der Waals surface area contributed by atoms with Crippen molar-refractivity contribution in [2.45, 2.75) is 6.92 Å². The third-order valence-electron chi connectivity index (χ3n) is 3.97. The van der Waals surface area contributed by atoms with Crippen LogP contribution >= 0.6 is 22.6 Å². The number of esters is 1. The summed E-state index contributed by atoms with van der Waals surface area (Å²) in [5, 5.41) is 2.71. The maximum atomic E-state index is 12.5. The molecule has 1 amide bonds. The Balaban J connectivity index is 1.67. The molecule has 0 atom stereocenters. The third-order valence-corrected chi connectivity index (χ3v) is 4.69. The van der Waals surface area contributed by atoms with Crippen molar-refractivity contribution in [2.75, 3.05) is 11.9 Å². The van der Waals surface area contributed by atoms with E-state index in [0.717, 1.165) is 20.3 Å². The zero-order chi connectivity index (χ0) is 19.2. The van der Waals surface area contributed by atoms with E-state index in [2.05, 4.69) is 27.9 Å². The molecule has 0 fully saturated rings. The van der Waals surface area contributed by atoms with Gasteiger partial charge in [0.2, 0.25) is 0 Å². The van der Waals surface area contributed by atoms with Gasteiger partial charge in [0, 0.05) is 9.26 Å². The Kier molecular flexibility index (Phi) is 6.24. The number of rotatable bonds is 5. The van der Waals surface area contributed by atoms with E-state index in [-0.39, 0.29) is 12.5 Å². The second kappa shape index (κ2) is 8.81. The van der Waals surface area contributed by atoms with Crippen molar-refractivity contribution in [3.8, 4) is 11.1 Å². The first kappa shape index (κ1) is 19.1. The first-order chi connectivity index (χ1) is 13.0. The van der Waals surface area contributed by atoms with E-state index in [1.165, 1.54) is 0 Å². The Bertz CT molecular complexity index is 950. The molecule has 0 aromatic heterocycles. The lowest BCUT2D eigenvalue weighted by atomic mass is 9.99. The number of carbonyl (C=O) groups is 2. The Hall–Kier alpha value is -2.67. The predicted molar refractivity (Wildman–Crippen MR) is 115 cm³/mol. The minimum absolute atomic E-state index is 0.340. The van der Waals surface area contributed by atoms with Gasteiger partial charge in [-0.3, -0.25) is 4.79 Å². The maximum absolute atomic E-state index is 12.5. The molecule has 4 nitrogen and oxygen atoms in total. The van der Waals surface area contributed by atoms with Crippen LogP contribution in [-0.2, 0) is 9.53 Å². The SMILES string of the molecule is Cc1ccc(-c2ccccc2C(=O)OCC(=O)Nc2ccc(I)cc2)cc1. The van der Waals surface area contributed by atoms with Crippen LogP contribution in [0, 0.1) is 10.5 Å². The van der Waals surface area contributed by atoms with Crippen LogP contribution in [0.15, 0.2) is 72.8 Å². The van der Waals surface area contributed by atoms with Crippen LogP contribution in [0.1, 0.15) is 15.9 Å². The molecule has 0 aliphatic rings. The Labute approximate surface area is 171 Å². The fourth-order valence-electron chi connectivity index (χ4n) is 2.59. The standard InChI is InChI=1S/C22H18INO3/c1-15-6-8-16(9-7-15)19-4-2-3-5-20(19)22(26)27-14-21(25)24-18-12-10-17(23)11-13-18/h2-13H,14H2,1H3,(H,24,25). The van der Waals surface area contributed by atoms with Crippen molar-refractivity contribution in [1.29, 1.82) is 0 Å².